The number of amides is 2. The van der Waals surface area contributed by atoms with E-state index in [9.17, 15) is 14.4 Å². The van der Waals surface area contributed by atoms with Gasteiger partial charge in [0.25, 0.3) is 0 Å². The van der Waals surface area contributed by atoms with Crippen molar-refractivity contribution in [1.82, 2.24) is 9.80 Å². The molecule has 1 aliphatic carbocycles. The van der Waals surface area contributed by atoms with E-state index in [-0.39, 0.29) is 43.0 Å². The predicted molar refractivity (Wildman–Crippen MR) is 79.7 cm³/mol. The van der Waals surface area contributed by atoms with Gasteiger partial charge in [0.2, 0.25) is 11.8 Å². The Kier molecular flexibility index (Phi) is 5.95. The lowest BCUT2D eigenvalue weighted by atomic mass is 9.81. The summed E-state index contributed by atoms with van der Waals surface area (Å²) in [5.74, 6) is -1.29. The van der Waals surface area contributed by atoms with Crippen molar-refractivity contribution in [2.24, 2.45) is 5.92 Å². The van der Waals surface area contributed by atoms with Gasteiger partial charge < -0.3 is 24.4 Å². The number of carboxylic acids is 1. The topological polar surface area (TPSA) is 96.4 Å². The summed E-state index contributed by atoms with van der Waals surface area (Å²) in [5, 5.41) is 8.85. The summed E-state index contributed by atoms with van der Waals surface area (Å²) in [6.07, 6.45) is 1.31. The molecule has 2 aliphatic rings. The van der Waals surface area contributed by atoms with E-state index in [0.717, 1.165) is 12.8 Å². The van der Waals surface area contributed by atoms with Crippen molar-refractivity contribution < 1.29 is 29.0 Å². The molecule has 2 amide bonds. The molecule has 0 aromatic heterocycles. The average Bonchev–Trinajstić information content (AvgIpc) is 2.45. The Bertz CT molecular complexity index is 463. The van der Waals surface area contributed by atoms with Crippen LogP contribution in [-0.2, 0) is 23.9 Å². The van der Waals surface area contributed by atoms with Gasteiger partial charge in [0, 0.05) is 39.6 Å². The first-order valence-electron chi connectivity index (χ1n) is 7.81. The summed E-state index contributed by atoms with van der Waals surface area (Å²) >= 11 is 0. The molecule has 1 saturated heterocycles. The maximum Gasteiger partial charge on any atom is 0.323 e. The van der Waals surface area contributed by atoms with E-state index in [4.69, 9.17) is 14.6 Å². The minimum atomic E-state index is -1.07. The number of hydrogen-bond acceptors (Lipinski definition) is 5. The fraction of sp³-hybridized carbons (Fsp3) is 0.800. The van der Waals surface area contributed by atoms with Crippen molar-refractivity contribution in [2.75, 3.05) is 39.9 Å². The largest absolute Gasteiger partial charge is 0.480 e. The van der Waals surface area contributed by atoms with Crippen LogP contribution in [0.25, 0.3) is 0 Å². The monoisotopic (exact) mass is 328 g/mol. The fourth-order valence-electron chi connectivity index (χ4n) is 2.96. The number of ether oxygens (including phenoxy) is 2. The van der Waals surface area contributed by atoms with Crippen molar-refractivity contribution in [3.63, 3.8) is 0 Å². The third kappa shape index (κ3) is 4.65. The van der Waals surface area contributed by atoms with Crippen LogP contribution in [0.2, 0.25) is 0 Å². The van der Waals surface area contributed by atoms with Gasteiger partial charge in [-0.15, -0.1) is 0 Å². The van der Waals surface area contributed by atoms with E-state index in [0.29, 0.717) is 19.7 Å². The zero-order valence-electron chi connectivity index (χ0n) is 13.6. The number of carboxylic acid groups (broad SMARTS) is 1. The minimum Gasteiger partial charge on any atom is -0.480 e. The van der Waals surface area contributed by atoms with E-state index in [1.165, 1.54) is 11.8 Å². The maximum atomic E-state index is 12.4. The van der Waals surface area contributed by atoms with Crippen LogP contribution in [0.4, 0.5) is 0 Å². The van der Waals surface area contributed by atoms with Crippen molar-refractivity contribution >= 4 is 17.8 Å². The van der Waals surface area contributed by atoms with Gasteiger partial charge in [-0.05, 0) is 12.8 Å². The number of carbonyl (C=O) groups excluding carboxylic acids is 2. The summed E-state index contributed by atoms with van der Waals surface area (Å²) in [7, 11) is 1.65. The lowest BCUT2D eigenvalue weighted by molar-refractivity contribution is -0.153. The number of carbonyl (C=O) groups is 3. The Morgan fingerprint density at radius 2 is 2.04 bits per heavy atom. The highest BCUT2D eigenvalue weighted by atomic mass is 16.5. The first kappa shape index (κ1) is 17.7. The van der Waals surface area contributed by atoms with Crippen molar-refractivity contribution in [1.29, 1.82) is 0 Å². The molecule has 1 saturated carbocycles. The van der Waals surface area contributed by atoms with E-state index >= 15 is 0 Å². The summed E-state index contributed by atoms with van der Waals surface area (Å²) < 4.78 is 10.8. The number of morpholine rings is 1. The van der Waals surface area contributed by atoms with Gasteiger partial charge >= 0.3 is 5.97 Å². The predicted octanol–water partition coefficient (Wildman–Crippen LogP) is -0.428. The first-order valence-corrected chi connectivity index (χ1v) is 7.81. The molecule has 0 radical (unpaired) electrons. The molecular formula is C15H24N2O6. The van der Waals surface area contributed by atoms with Crippen LogP contribution in [0.1, 0.15) is 19.8 Å². The zero-order valence-corrected chi connectivity index (χ0v) is 13.6. The second kappa shape index (κ2) is 7.74. The van der Waals surface area contributed by atoms with Crippen LogP contribution in [0.3, 0.4) is 0 Å². The third-order valence-corrected chi connectivity index (χ3v) is 4.42. The zero-order chi connectivity index (χ0) is 17.0. The smallest absolute Gasteiger partial charge is 0.323 e. The second-order valence-corrected chi connectivity index (χ2v) is 6.10. The molecular weight excluding hydrogens is 304 g/mol. The van der Waals surface area contributed by atoms with Gasteiger partial charge in [-0.1, -0.05) is 0 Å². The van der Waals surface area contributed by atoms with E-state index in [1.807, 2.05) is 0 Å². The quantitative estimate of drug-likeness (QED) is 0.711. The molecule has 0 bridgehead atoms. The Hall–Kier alpha value is -1.67. The van der Waals surface area contributed by atoms with Crippen LogP contribution in [0.15, 0.2) is 0 Å². The second-order valence-electron chi connectivity index (χ2n) is 6.10. The molecule has 2 fully saturated rings. The molecule has 0 aromatic carbocycles. The SMILES string of the molecule is COC1CC(C(=O)N2CCOC(CN(CC(=O)O)C(C)=O)C2)C1. The first-order chi connectivity index (χ1) is 10.9. The van der Waals surface area contributed by atoms with Gasteiger partial charge in [0.15, 0.2) is 0 Å². The highest BCUT2D eigenvalue weighted by Gasteiger charge is 2.38. The molecule has 8 heteroatoms. The molecule has 8 nitrogen and oxygen atoms in total. The normalized spacial score (nSPS) is 27.2. The summed E-state index contributed by atoms with van der Waals surface area (Å²) in [6.45, 7) is 2.46. The molecule has 1 N–H and O–H groups in total. The molecule has 1 unspecified atom stereocenters. The van der Waals surface area contributed by atoms with E-state index in [1.54, 1.807) is 12.0 Å². The molecule has 2 rings (SSSR count). The molecule has 1 atom stereocenters. The van der Waals surface area contributed by atoms with Crippen LogP contribution in [0, 0.1) is 5.92 Å². The number of aliphatic carboxylic acids is 1. The minimum absolute atomic E-state index is 0.00151. The van der Waals surface area contributed by atoms with Gasteiger partial charge in [-0.3, -0.25) is 14.4 Å². The molecule has 0 spiro atoms. The standard InChI is InChI=1S/C15H24N2O6/c1-10(18)17(9-14(19)20)8-13-7-16(3-4-23-13)15(21)11-5-12(6-11)22-2/h11-13H,3-9H2,1-2H3,(H,19,20). The number of hydrogen-bond donors (Lipinski definition) is 1. The Morgan fingerprint density at radius 1 is 1.35 bits per heavy atom. The summed E-state index contributed by atoms with van der Waals surface area (Å²) in [5.41, 5.74) is 0. The van der Waals surface area contributed by atoms with E-state index < -0.39 is 5.97 Å². The van der Waals surface area contributed by atoms with Gasteiger partial charge in [-0.25, -0.2) is 0 Å². The molecule has 130 valence electrons. The number of methoxy groups -OCH3 is 1. The summed E-state index contributed by atoms with van der Waals surface area (Å²) in [6, 6.07) is 0. The third-order valence-electron chi connectivity index (χ3n) is 4.42. The maximum absolute atomic E-state index is 12.4. The van der Waals surface area contributed by atoms with Crippen molar-refractivity contribution in [2.45, 2.75) is 32.0 Å². The average molecular weight is 328 g/mol. The lowest BCUT2D eigenvalue weighted by Crippen LogP contribution is -2.54. The Balaban J connectivity index is 1.86. The molecule has 1 heterocycles. The number of rotatable bonds is 6. The molecule has 23 heavy (non-hydrogen) atoms. The Morgan fingerprint density at radius 3 is 2.61 bits per heavy atom. The van der Waals surface area contributed by atoms with Gasteiger partial charge in [-0.2, -0.15) is 0 Å². The fourth-order valence-corrected chi connectivity index (χ4v) is 2.96. The highest BCUT2D eigenvalue weighted by molar-refractivity contribution is 5.80. The number of nitrogens with zero attached hydrogens (tertiary/aromatic N) is 2. The van der Waals surface area contributed by atoms with Crippen LogP contribution < -0.4 is 0 Å². The van der Waals surface area contributed by atoms with Gasteiger partial charge in [0.1, 0.15) is 6.54 Å². The van der Waals surface area contributed by atoms with Crippen molar-refractivity contribution in [3.05, 3.63) is 0 Å². The summed E-state index contributed by atoms with van der Waals surface area (Å²) in [4.78, 5) is 37.7. The Labute approximate surface area is 135 Å². The van der Waals surface area contributed by atoms with Crippen LogP contribution in [0.5, 0.6) is 0 Å². The molecule has 1 aliphatic heterocycles. The molecule has 0 aromatic rings. The van der Waals surface area contributed by atoms with Crippen LogP contribution in [-0.4, -0.2) is 84.8 Å². The highest BCUT2D eigenvalue weighted by Crippen LogP contribution is 2.31. The lowest BCUT2D eigenvalue weighted by Gasteiger charge is -2.40. The van der Waals surface area contributed by atoms with Crippen LogP contribution >= 0.6 is 0 Å². The van der Waals surface area contributed by atoms with E-state index in [2.05, 4.69) is 0 Å². The van der Waals surface area contributed by atoms with Gasteiger partial charge in [0.05, 0.1) is 18.8 Å². The van der Waals surface area contributed by atoms with Crippen molar-refractivity contribution in [3.8, 4) is 0 Å².